The molecule has 5 atom stereocenters. The first-order valence-corrected chi connectivity index (χ1v) is 12.9. The van der Waals surface area contributed by atoms with E-state index in [0.29, 0.717) is 6.54 Å². The first kappa shape index (κ1) is 23.9. The number of ether oxygens (including phenoxy) is 1. The number of anilines is 1. The number of rotatable bonds is 4. The third kappa shape index (κ3) is 4.44. The van der Waals surface area contributed by atoms with Gasteiger partial charge in [0.2, 0.25) is 5.91 Å². The molecule has 35 heavy (non-hydrogen) atoms. The zero-order valence-corrected chi connectivity index (χ0v) is 20.9. The Labute approximate surface area is 207 Å². The third-order valence-corrected chi connectivity index (χ3v) is 7.86. The molecule has 0 spiro atoms. The monoisotopic (exact) mass is 479 g/mol. The summed E-state index contributed by atoms with van der Waals surface area (Å²) in [5, 5.41) is 3.69. The number of imidazole rings is 1. The normalized spacial score (nSPS) is 28.1. The van der Waals surface area contributed by atoms with Crippen LogP contribution in [0.1, 0.15) is 76.3 Å². The second-order valence-corrected chi connectivity index (χ2v) is 11.3. The van der Waals surface area contributed by atoms with Gasteiger partial charge in [0, 0.05) is 36.6 Å². The lowest BCUT2D eigenvalue weighted by atomic mass is 9.81. The summed E-state index contributed by atoms with van der Waals surface area (Å²) in [5.41, 5.74) is 8.01. The van der Waals surface area contributed by atoms with Crippen molar-refractivity contribution >= 4 is 17.6 Å². The Bertz CT molecular complexity index is 1090. The molecule has 0 bridgehead atoms. The molecule has 1 aromatic heterocycles. The Hall–Kier alpha value is -2.87. The molecule has 2 aliphatic heterocycles. The molecule has 2 aromatic rings. The molecule has 188 valence electrons. The molecule has 1 aromatic carbocycles. The fourth-order valence-corrected chi connectivity index (χ4v) is 5.96. The van der Waals surface area contributed by atoms with Crippen molar-refractivity contribution in [3.05, 3.63) is 48.0 Å². The fourth-order valence-electron chi connectivity index (χ4n) is 5.96. The molecular weight excluding hydrogens is 442 g/mol. The van der Waals surface area contributed by atoms with Crippen molar-refractivity contribution in [2.75, 3.05) is 11.9 Å². The van der Waals surface area contributed by atoms with Gasteiger partial charge in [0.25, 0.3) is 0 Å². The van der Waals surface area contributed by atoms with Gasteiger partial charge in [-0.15, -0.1) is 0 Å². The van der Waals surface area contributed by atoms with E-state index in [0.717, 1.165) is 49.2 Å². The summed E-state index contributed by atoms with van der Waals surface area (Å²) in [7, 11) is 0. The molecule has 8 heteroatoms. The Morgan fingerprint density at radius 1 is 1.17 bits per heavy atom. The number of fused-ring (bicyclic) bond motifs is 3. The highest BCUT2D eigenvalue weighted by molar-refractivity contribution is 5.81. The molecule has 2 fully saturated rings. The van der Waals surface area contributed by atoms with Crippen molar-refractivity contribution in [2.24, 2.45) is 23.0 Å². The standard InChI is InChI=1S/C27H37N5O3/c1-27(2,3)26(34)35-16-31-15-13-29-24(31)22-19-12-14-32(25(33)17-8-4-6-10-20(17)28)23(19)18-9-5-7-11-21(18)30-22/h5,7,9,11,13,15,17,19-20,22-23,30H,4,6,8,10,12,14,16,28H2,1-3H3/t17-,19-,20+,22-,23+/m0/s1. The van der Waals surface area contributed by atoms with E-state index < -0.39 is 5.41 Å². The maximum atomic E-state index is 13.8. The summed E-state index contributed by atoms with van der Waals surface area (Å²) in [6.07, 6.45) is 8.44. The lowest BCUT2D eigenvalue weighted by Crippen LogP contribution is -2.47. The number of carbonyl (C=O) groups excluding carboxylic acids is 2. The number of nitrogens with zero attached hydrogens (tertiary/aromatic N) is 3. The largest absolute Gasteiger partial charge is 0.443 e. The lowest BCUT2D eigenvalue weighted by molar-refractivity contribution is -0.157. The van der Waals surface area contributed by atoms with Crippen molar-refractivity contribution in [2.45, 2.75) is 77.7 Å². The van der Waals surface area contributed by atoms with Crippen molar-refractivity contribution in [3.63, 3.8) is 0 Å². The van der Waals surface area contributed by atoms with E-state index >= 15 is 0 Å². The van der Waals surface area contributed by atoms with Crippen molar-refractivity contribution in [1.82, 2.24) is 14.5 Å². The number of para-hydroxylation sites is 1. The predicted octanol–water partition coefficient (Wildman–Crippen LogP) is 4.00. The summed E-state index contributed by atoms with van der Waals surface area (Å²) in [5.74, 6) is 0.829. The molecule has 1 aliphatic carbocycles. The van der Waals surface area contributed by atoms with Crippen molar-refractivity contribution in [1.29, 1.82) is 0 Å². The van der Waals surface area contributed by atoms with Crippen molar-refractivity contribution < 1.29 is 14.3 Å². The SMILES string of the molecule is CC(C)(C)C(=O)OCn1ccnc1[C@H]1Nc2ccccc2[C@@H]2[C@H]1CCN2C(=O)[C@H]1CCCC[C@H]1N. The van der Waals surface area contributed by atoms with Crippen LogP contribution in [0.4, 0.5) is 5.69 Å². The minimum atomic E-state index is -0.569. The molecule has 8 nitrogen and oxygen atoms in total. The van der Waals surface area contributed by atoms with E-state index in [9.17, 15) is 9.59 Å². The predicted molar refractivity (Wildman–Crippen MR) is 133 cm³/mol. The maximum absolute atomic E-state index is 13.8. The molecule has 1 saturated carbocycles. The van der Waals surface area contributed by atoms with Gasteiger partial charge < -0.3 is 20.7 Å². The number of amides is 1. The molecular formula is C27H37N5O3. The van der Waals surface area contributed by atoms with Gasteiger partial charge in [0.05, 0.1) is 23.4 Å². The van der Waals surface area contributed by atoms with Gasteiger partial charge in [-0.05, 0) is 51.7 Å². The Kier molecular flexibility index (Phi) is 6.34. The molecule has 1 amide bonds. The van der Waals surface area contributed by atoms with Gasteiger partial charge in [0.1, 0.15) is 5.82 Å². The number of esters is 1. The van der Waals surface area contributed by atoms with Crippen LogP contribution in [0.15, 0.2) is 36.7 Å². The summed E-state index contributed by atoms with van der Waals surface area (Å²) in [6, 6.07) is 8.06. The number of aromatic nitrogens is 2. The molecule has 0 radical (unpaired) electrons. The van der Waals surface area contributed by atoms with Gasteiger partial charge in [-0.1, -0.05) is 31.0 Å². The minimum absolute atomic E-state index is 0.0265. The van der Waals surface area contributed by atoms with E-state index in [-0.39, 0.29) is 48.6 Å². The second kappa shape index (κ2) is 9.30. The van der Waals surface area contributed by atoms with Gasteiger partial charge in [0.15, 0.2) is 6.73 Å². The topological polar surface area (TPSA) is 102 Å². The lowest BCUT2D eigenvalue weighted by Gasteiger charge is -2.41. The van der Waals surface area contributed by atoms with Gasteiger partial charge in [-0.2, -0.15) is 0 Å². The highest BCUT2D eigenvalue weighted by Gasteiger charge is 2.49. The van der Waals surface area contributed by atoms with E-state index in [4.69, 9.17) is 10.5 Å². The Balaban J connectivity index is 1.43. The van der Waals surface area contributed by atoms with Crippen LogP contribution in [0, 0.1) is 17.3 Å². The summed E-state index contributed by atoms with van der Waals surface area (Å²) >= 11 is 0. The molecule has 3 heterocycles. The first-order chi connectivity index (χ1) is 16.8. The minimum Gasteiger partial charge on any atom is -0.443 e. The van der Waals surface area contributed by atoms with Crippen LogP contribution in [0.2, 0.25) is 0 Å². The van der Waals surface area contributed by atoms with E-state index in [1.165, 1.54) is 0 Å². The average molecular weight is 480 g/mol. The van der Waals surface area contributed by atoms with E-state index in [1.807, 2.05) is 43.7 Å². The number of hydrogen-bond donors (Lipinski definition) is 2. The van der Waals surface area contributed by atoms with Crippen LogP contribution in [-0.4, -0.2) is 38.9 Å². The molecule has 3 aliphatic rings. The van der Waals surface area contributed by atoms with E-state index in [2.05, 4.69) is 27.3 Å². The van der Waals surface area contributed by atoms with E-state index in [1.54, 1.807) is 6.20 Å². The second-order valence-electron chi connectivity index (χ2n) is 11.3. The van der Waals surface area contributed by atoms with Gasteiger partial charge >= 0.3 is 5.97 Å². The highest BCUT2D eigenvalue weighted by Crippen LogP contribution is 2.51. The quantitative estimate of drug-likeness (QED) is 0.643. The Morgan fingerprint density at radius 3 is 2.71 bits per heavy atom. The number of hydrogen-bond acceptors (Lipinski definition) is 6. The molecule has 3 N–H and O–H groups in total. The fraction of sp³-hybridized carbons (Fsp3) is 0.593. The van der Waals surface area contributed by atoms with Crippen molar-refractivity contribution in [3.8, 4) is 0 Å². The molecule has 5 rings (SSSR count). The summed E-state index contributed by atoms with van der Waals surface area (Å²) < 4.78 is 7.49. The van der Waals surface area contributed by atoms with Crippen LogP contribution in [0.25, 0.3) is 0 Å². The number of nitrogens with two attached hydrogens (primary N) is 1. The zero-order valence-electron chi connectivity index (χ0n) is 20.9. The van der Waals surface area contributed by atoms with Crippen LogP contribution in [0.3, 0.4) is 0 Å². The summed E-state index contributed by atoms with van der Waals surface area (Å²) in [4.78, 5) is 32.9. The average Bonchev–Trinajstić information content (AvgIpc) is 3.49. The van der Waals surface area contributed by atoms with Crippen LogP contribution >= 0.6 is 0 Å². The first-order valence-electron chi connectivity index (χ1n) is 12.9. The number of nitrogens with one attached hydrogen (secondary N) is 1. The molecule has 1 saturated heterocycles. The molecule has 0 unspecified atom stereocenters. The number of likely N-dealkylation sites (tertiary alicyclic amines) is 1. The Morgan fingerprint density at radius 2 is 1.94 bits per heavy atom. The van der Waals surface area contributed by atoms with Gasteiger partial charge in [-0.25, -0.2) is 4.98 Å². The third-order valence-electron chi connectivity index (χ3n) is 7.86. The van der Waals surface area contributed by atoms with Crippen LogP contribution < -0.4 is 11.1 Å². The number of carbonyl (C=O) groups is 2. The zero-order chi connectivity index (χ0) is 24.7. The smallest absolute Gasteiger partial charge is 0.312 e. The maximum Gasteiger partial charge on any atom is 0.312 e. The van der Waals surface area contributed by atoms with Crippen LogP contribution in [-0.2, 0) is 21.1 Å². The summed E-state index contributed by atoms with van der Waals surface area (Å²) in [6.45, 7) is 6.36. The van der Waals surface area contributed by atoms with Crippen LogP contribution in [0.5, 0.6) is 0 Å². The number of benzene rings is 1. The van der Waals surface area contributed by atoms with Gasteiger partial charge in [-0.3, -0.25) is 14.2 Å². The highest BCUT2D eigenvalue weighted by atomic mass is 16.5.